The normalized spacial score (nSPS) is 15.1. The molecule has 1 fully saturated rings. The lowest BCUT2D eigenvalue weighted by atomic mass is 9.97. The molecule has 1 aliphatic carbocycles. The minimum Gasteiger partial charge on any atom is -0.258 e. The third-order valence-corrected chi connectivity index (χ3v) is 2.96. The summed E-state index contributed by atoms with van der Waals surface area (Å²) < 4.78 is 0. The van der Waals surface area contributed by atoms with E-state index in [1.54, 1.807) is 18.2 Å². The van der Waals surface area contributed by atoms with Gasteiger partial charge in [0.2, 0.25) is 0 Å². The Morgan fingerprint density at radius 2 is 2.19 bits per heavy atom. The van der Waals surface area contributed by atoms with Crippen molar-refractivity contribution in [3.8, 4) is 0 Å². The summed E-state index contributed by atoms with van der Waals surface area (Å²) in [7, 11) is 0. The molecule has 83 valence electrons. The van der Waals surface area contributed by atoms with E-state index in [4.69, 9.17) is 0 Å². The van der Waals surface area contributed by atoms with Crippen LogP contribution in [0.3, 0.4) is 0 Å². The van der Waals surface area contributed by atoms with Gasteiger partial charge in [0.05, 0.1) is 4.92 Å². The summed E-state index contributed by atoms with van der Waals surface area (Å²) in [6, 6.07) is 5.35. The van der Waals surface area contributed by atoms with Crippen LogP contribution in [0, 0.1) is 16.0 Å². The molecule has 0 heterocycles. The lowest BCUT2D eigenvalue weighted by Gasteiger charge is -2.08. The Hall–Kier alpha value is -1.64. The summed E-state index contributed by atoms with van der Waals surface area (Å²) in [5, 5.41) is 10.8. The molecule has 0 aliphatic heterocycles. The fourth-order valence-electron chi connectivity index (χ4n) is 1.74. The molecule has 0 unspecified atom stereocenters. The van der Waals surface area contributed by atoms with Crippen LogP contribution in [0.4, 0.5) is 5.69 Å². The molecule has 2 rings (SSSR count). The highest BCUT2D eigenvalue weighted by Gasteiger charge is 2.26. The molecule has 0 spiro atoms. The highest BCUT2D eigenvalue weighted by atomic mass is 16.6. The number of benzene rings is 1. The van der Waals surface area contributed by atoms with Gasteiger partial charge in [0, 0.05) is 18.1 Å². The van der Waals surface area contributed by atoms with Crippen LogP contribution < -0.4 is 0 Å². The van der Waals surface area contributed by atoms with Gasteiger partial charge in [0.25, 0.3) is 5.69 Å². The second kappa shape index (κ2) is 4.08. The average molecular weight is 216 g/mol. The Kier molecular flexibility index (Phi) is 2.77. The third-order valence-electron chi connectivity index (χ3n) is 2.96. The predicted molar refractivity (Wildman–Crippen MR) is 63.3 cm³/mol. The van der Waals surface area contributed by atoms with E-state index in [9.17, 15) is 10.1 Å². The van der Waals surface area contributed by atoms with Crippen molar-refractivity contribution in [1.29, 1.82) is 0 Å². The van der Waals surface area contributed by atoms with Crippen LogP contribution in [0.5, 0.6) is 0 Å². The lowest BCUT2D eigenvalue weighted by molar-refractivity contribution is -0.385. The SMILES string of the molecule is C=C[C](C)c1cc(C2CC2)cc([N+](=O)[O-])c1. The number of non-ortho nitro benzene ring substituents is 1. The summed E-state index contributed by atoms with van der Waals surface area (Å²) in [4.78, 5) is 10.5. The van der Waals surface area contributed by atoms with Gasteiger partial charge in [-0.25, -0.2) is 0 Å². The van der Waals surface area contributed by atoms with Crippen molar-refractivity contribution in [2.75, 3.05) is 0 Å². The van der Waals surface area contributed by atoms with Crippen molar-refractivity contribution in [3.63, 3.8) is 0 Å². The Balaban J connectivity index is 2.43. The van der Waals surface area contributed by atoms with Gasteiger partial charge in [-0.3, -0.25) is 10.1 Å². The first kappa shape index (κ1) is 10.9. The van der Waals surface area contributed by atoms with Crippen molar-refractivity contribution in [3.05, 3.63) is 58.0 Å². The minimum absolute atomic E-state index is 0.181. The van der Waals surface area contributed by atoms with E-state index >= 15 is 0 Å². The van der Waals surface area contributed by atoms with E-state index in [0.717, 1.165) is 29.9 Å². The molecule has 1 aliphatic rings. The van der Waals surface area contributed by atoms with Gasteiger partial charge in [-0.2, -0.15) is 0 Å². The van der Waals surface area contributed by atoms with Crippen molar-refractivity contribution in [2.24, 2.45) is 0 Å². The van der Waals surface area contributed by atoms with Gasteiger partial charge in [-0.15, -0.1) is 6.58 Å². The molecule has 0 atom stereocenters. The summed E-state index contributed by atoms with van der Waals surface area (Å²) in [6.07, 6.45) is 4.03. The maximum atomic E-state index is 10.8. The van der Waals surface area contributed by atoms with E-state index in [2.05, 4.69) is 6.58 Å². The van der Waals surface area contributed by atoms with Crippen molar-refractivity contribution < 1.29 is 4.92 Å². The predicted octanol–water partition coefficient (Wildman–Crippen LogP) is 3.60. The molecule has 1 aromatic carbocycles. The number of nitrogens with zero attached hydrogens (tertiary/aromatic N) is 1. The van der Waals surface area contributed by atoms with Crippen LogP contribution in [-0.2, 0) is 0 Å². The number of nitro groups is 1. The maximum Gasteiger partial charge on any atom is 0.270 e. The molecule has 1 aromatic rings. The Morgan fingerprint density at radius 1 is 1.50 bits per heavy atom. The fourth-order valence-corrected chi connectivity index (χ4v) is 1.74. The molecule has 16 heavy (non-hydrogen) atoms. The molecule has 0 amide bonds. The average Bonchev–Trinajstić information content (AvgIpc) is 3.11. The van der Waals surface area contributed by atoms with E-state index in [1.165, 1.54) is 0 Å². The van der Waals surface area contributed by atoms with E-state index in [1.807, 2.05) is 13.0 Å². The lowest BCUT2D eigenvalue weighted by Crippen LogP contribution is -1.96. The Morgan fingerprint density at radius 3 is 2.69 bits per heavy atom. The number of nitro benzene ring substituents is 1. The highest BCUT2D eigenvalue weighted by molar-refractivity contribution is 5.48. The molecule has 1 radical (unpaired) electrons. The van der Waals surface area contributed by atoms with Crippen LogP contribution >= 0.6 is 0 Å². The maximum absolute atomic E-state index is 10.8. The quantitative estimate of drug-likeness (QED) is 0.570. The first-order chi connectivity index (χ1) is 7.61. The van der Waals surface area contributed by atoms with Gasteiger partial charge < -0.3 is 0 Å². The number of hydrogen-bond acceptors (Lipinski definition) is 2. The molecule has 0 saturated heterocycles. The van der Waals surface area contributed by atoms with E-state index in [0.29, 0.717) is 5.92 Å². The molecule has 0 bridgehead atoms. The smallest absolute Gasteiger partial charge is 0.258 e. The second-order valence-electron chi connectivity index (χ2n) is 4.23. The summed E-state index contributed by atoms with van der Waals surface area (Å²) >= 11 is 0. The topological polar surface area (TPSA) is 43.1 Å². The minimum atomic E-state index is -0.328. The zero-order valence-corrected chi connectivity index (χ0v) is 9.27. The van der Waals surface area contributed by atoms with Gasteiger partial charge in [-0.1, -0.05) is 19.1 Å². The number of allylic oxidation sites excluding steroid dienone is 1. The van der Waals surface area contributed by atoms with Crippen molar-refractivity contribution in [1.82, 2.24) is 0 Å². The largest absolute Gasteiger partial charge is 0.270 e. The molecule has 1 saturated carbocycles. The van der Waals surface area contributed by atoms with E-state index < -0.39 is 0 Å². The number of hydrogen-bond donors (Lipinski definition) is 0. The van der Waals surface area contributed by atoms with Gasteiger partial charge >= 0.3 is 0 Å². The van der Waals surface area contributed by atoms with Crippen LogP contribution in [0.1, 0.15) is 36.8 Å². The first-order valence-electron chi connectivity index (χ1n) is 5.37. The molecule has 3 heteroatoms. The van der Waals surface area contributed by atoms with Gasteiger partial charge in [-0.05, 0) is 29.9 Å². The van der Waals surface area contributed by atoms with Crippen LogP contribution in [0.25, 0.3) is 0 Å². The fraction of sp³-hybridized carbons (Fsp3) is 0.308. The zero-order chi connectivity index (χ0) is 11.7. The first-order valence-corrected chi connectivity index (χ1v) is 5.37. The standard InChI is InChI=1S/C13H14NO2/c1-3-9(2)11-6-12(10-4-5-10)8-13(7-11)14(15)16/h3,6-8,10H,1,4-5H2,2H3. The monoisotopic (exact) mass is 216 g/mol. The molecular weight excluding hydrogens is 202 g/mol. The molecular formula is C13H14NO2. The van der Waals surface area contributed by atoms with Crippen molar-refractivity contribution in [2.45, 2.75) is 25.7 Å². The summed E-state index contributed by atoms with van der Waals surface area (Å²) in [6.45, 7) is 5.61. The van der Waals surface area contributed by atoms with Crippen molar-refractivity contribution >= 4 is 5.69 Å². The van der Waals surface area contributed by atoms with Crippen LogP contribution in [0.15, 0.2) is 30.9 Å². The Labute approximate surface area is 94.9 Å². The van der Waals surface area contributed by atoms with Gasteiger partial charge in [0.1, 0.15) is 0 Å². The molecule has 0 aromatic heterocycles. The van der Waals surface area contributed by atoms with Crippen LogP contribution in [0.2, 0.25) is 0 Å². The second-order valence-corrected chi connectivity index (χ2v) is 4.23. The zero-order valence-electron chi connectivity index (χ0n) is 9.27. The highest BCUT2D eigenvalue weighted by Crippen LogP contribution is 2.42. The van der Waals surface area contributed by atoms with Crippen LogP contribution in [-0.4, -0.2) is 4.92 Å². The molecule has 3 nitrogen and oxygen atoms in total. The Bertz CT molecular complexity index is 436. The molecule has 0 N–H and O–H groups in total. The van der Waals surface area contributed by atoms with E-state index in [-0.39, 0.29) is 10.6 Å². The summed E-state index contributed by atoms with van der Waals surface area (Å²) in [5.41, 5.74) is 2.18. The van der Waals surface area contributed by atoms with Gasteiger partial charge in [0.15, 0.2) is 0 Å². The summed E-state index contributed by atoms with van der Waals surface area (Å²) in [5.74, 6) is 1.50. The number of rotatable bonds is 4. The third kappa shape index (κ3) is 2.13.